The first-order valence-corrected chi connectivity index (χ1v) is 12.4. The van der Waals surface area contributed by atoms with Gasteiger partial charge in [-0.15, -0.1) is 10.2 Å². The minimum Gasteiger partial charge on any atom is -0.502 e. The number of phenolic OH excluding ortho intramolecular Hbond substituents is 1. The highest BCUT2D eigenvalue weighted by molar-refractivity contribution is 7.99. The summed E-state index contributed by atoms with van der Waals surface area (Å²) >= 11 is 1.26. The third kappa shape index (κ3) is 6.10. The molecule has 9 nitrogen and oxygen atoms in total. The summed E-state index contributed by atoms with van der Waals surface area (Å²) in [5.41, 5.74) is 7.23. The van der Waals surface area contributed by atoms with Gasteiger partial charge in [0.25, 0.3) is 5.91 Å². The van der Waals surface area contributed by atoms with Gasteiger partial charge in [0.1, 0.15) is 0 Å². The predicted molar refractivity (Wildman–Crippen MR) is 144 cm³/mol. The maximum absolute atomic E-state index is 12.5. The lowest BCUT2D eigenvalue weighted by atomic mass is 10.1. The van der Waals surface area contributed by atoms with Crippen LogP contribution >= 0.6 is 11.8 Å². The summed E-state index contributed by atoms with van der Waals surface area (Å²) in [5.74, 6) is 0.835. The van der Waals surface area contributed by atoms with Gasteiger partial charge in [-0.1, -0.05) is 59.3 Å². The number of nitrogens with one attached hydrogen (secondary N) is 1. The number of aromatic nitrogens is 3. The van der Waals surface area contributed by atoms with Gasteiger partial charge in [-0.05, 0) is 38.1 Å². The van der Waals surface area contributed by atoms with Crippen molar-refractivity contribution in [2.75, 3.05) is 20.0 Å². The van der Waals surface area contributed by atoms with Crippen molar-refractivity contribution in [3.8, 4) is 34.3 Å². The zero-order chi connectivity index (χ0) is 26.4. The summed E-state index contributed by atoms with van der Waals surface area (Å²) in [7, 11) is 2.88. The Labute approximate surface area is 219 Å². The van der Waals surface area contributed by atoms with Crippen LogP contribution in [0.3, 0.4) is 0 Å². The summed E-state index contributed by atoms with van der Waals surface area (Å²) < 4.78 is 12.2. The smallest absolute Gasteiger partial charge is 0.250 e. The van der Waals surface area contributed by atoms with E-state index < -0.39 is 0 Å². The Morgan fingerprint density at radius 2 is 1.59 bits per heavy atom. The highest BCUT2D eigenvalue weighted by Crippen LogP contribution is 2.36. The molecule has 0 unspecified atom stereocenters. The number of aryl methyl sites for hydroxylation is 2. The summed E-state index contributed by atoms with van der Waals surface area (Å²) in [5, 5.41) is 23.4. The van der Waals surface area contributed by atoms with Crippen LogP contribution in [-0.4, -0.2) is 52.0 Å². The molecule has 0 fully saturated rings. The van der Waals surface area contributed by atoms with Crippen LogP contribution in [0.2, 0.25) is 0 Å². The van der Waals surface area contributed by atoms with Crippen LogP contribution < -0.4 is 14.9 Å². The number of rotatable bonds is 9. The SMILES string of the molecule is COc1cc(/C=N\NC(=O)CSc2nnc(-c3ccc(C)cc3)n2-c2ccc(C)cc2)cc(OC)c1O. The van der Waals surface area contributed by atoms with E-state index in [0.29, 0.717) is 16.5 Å². The quantitative estimate of drug-likeness (QED) is 0.191. The van der Waals surface area contributed by atoms with Gasteiger partial charge in [-0.3, -0.25) is 9.36 Å². The Morgan fingerprint density at radius 1 is 1.00 bits per heavy atom. The van der Waals surface area contributed by atoms with Gasteiger partial charge < -0.3 is 14.6 Å². The van der Waals surface area contributed by atoms with Crippen molar-refractivity contribution in [3.63, 3.8) is 0 Å². The Kier molecular flexibility index (Phi) is 8.09. The fourth-order valence-electron chi connectivity index (χ4n) is 3.51. The first kappa shape index (κ1) is 25.8. The molecule has 1 amide bonds. The molecule has 10 heteroatoms. The summed E-state index contributed by atoms with van der Waals surface area (Å²) in [6, 6.07) is 19.3. The molecule has 1 heterocycles. The summed E-state index contributed by atoms with van der Waals surface area (Å²) in [6.45, 7) is 4.06. The molecular weight excluding hydrogens is 490 g/mol. The molecule has 0 bridgehead atoms. The van der Waals surface area contributed by atoms with Gasteiger partial charge in [-0.25, -0.2) is 5.43 Å². The van der Waals surface area contributed by atoms with E-state index in [1.165, 1.54) is 32.2 Å². The lowest BCUT2D eigenvalue weighted by Gasteiger charge is -2.11. The van der Waals surface area contributed by atoms with E-state index in [9.17, 15) is 9.90 Å². The van der Waals surface area contributed by atoms with E-state index in [1.807, 2.05) is 66.9 Å². The van der Waals surface area contributed by atoms with Gasteiger partial charge in [0.05, 0.1) is 26.2 Å². The molecule has 0 saturated carbocycles. The van der Waals surface area contributed by atoms with E-state index in [-0.39, 0.29) is 28.9 Å². The molecular formula is C27H27N5O4S. The number of amides is 1. The third-order valence-electron chi connectivity index (χ3n) is 5.47. The lowest BCUT2D eigenvalue weighted by Crippen LogP contribution is -2.20. The number of hydrogen-bond donors (Lipinski definition) is 2. The molecule has 0 atom stereocenters. The number of carbonyl (C=O) groups is 1. The van der Waals surface area contributed by atoms with E-state index in [4.69, 9.17) is 9.47 Å². The number of nitrogens with zero attached hydrogens (tertiary/aromatic N) is 4. The fourth-order valence-corrected chi connectivity index (χ4v) is 4.25. The monoisotopic (exact) mass is 517 g/mol. The Morgan fingerprint density at radius 3 is 2.19 bits per heavy atom. The first-order chi connectivity index (χ1) is 17.9. The highest BCUT2D eigenvalue weighted by Gasteiger charge is 2.17. The molecule has 0 aliphatic rings. The van der Waals surface area contributed by atoms with Crippen molar-refractivity contribution < 1.29 is 19.4 Å². The third-order valence-corrected chi connectivity index (χ3v) is 6.40. The molecule has 0 radical (unpaired) electrons. The predicted octanol–water partition coefficient (Wildman–Crippen LogP) is 4.52. The van der Waals surface area contributed by atoms with Gasteiger partial charge in [0.2, 0.25) is 5.75 Å². The standard InChI is InChI=1S/C27H27N5O4S/c1-17-5-9-20(10-6-17)26-30-31-27(32(26)21-11-7-18(2)8-12-21)37-16-24(33)29-28-15-19-13-22(35-3)25(34)23(14-19)36-4/h5-15,34H,16H2,1-4H3,(H,29,33)/b28-15-. The number of thioether (sulfide) groups is 1. The van der Waals surface area contributed by atoms with Crippen LogP contribution in [0.15, 0.2) is 70.9 Å². The number of aromatic hydroxyl groups is 1. The topological polar surface area (TPSA) is 111 Å². The van der Waals surface area contributed by atoms with Gasteiger partial charge in [0, 0.05) is 16.8 Å². The Hall–Kier alpha value is -4.31. The lowest BCUT2D eigenvalue weighted by molar-refractivity contribution is -0.118. The van der Waals surface area contributed by atoms with E-state index >= 15 is 0 Å². The molecule has 1 aromatic heterocycles. The minimum atomic E-state index is -0.311. The van der Waals surface area contributed by atoms with Gasteiger partial charge >= 0.3 is 0 Å². The second-order valence-electron chi connectivity index (χ2n) is 8.20. The maximum Gasteiger partial charge on any atom is 0.250 e. The molecule has 4 aromatic rings. The van der Waals surface area contributed by atoms with Gasteiger partial charge in [-0.2, -0.15) is 5.10 Å². The molecule has 0 aliphatic heterocycles. The highest BCUT2D eigenvalue weighted by atomic mass is 32.2. The maximum atomic E-state index is 12.5. The number of methoxy groups -OCH3 is 2. The van der Waals surface area contributed by atoms with Crippen molar-refractivity contribution in [2.45, 2.75) is 19.0 Å². The van der Waals surface area contributed by atoms with Crippen molar-refractivity contribution >= 4 is 23.9 Å². The second-order valence-corrected chi connectivity index (χ2v) is 9.14. The van der Waals surface area contributed by atoms with Crippen LogP contribution in [0.4, 0.5) is 0 Å². The molecule has 190 valence electrons. The minimum absolute atomic E-state index is 0.0808. The Bertz CT molecular complexity index is 1390. The van der Waals surface area contributed by atoms with Crippen LogP contribution in [-0.2, 0) is 4.79 Å². The van der Waals surface area contributed by atoms with Crippen molar-refractivity contribution in [3.05, 3.63) is 77.4 Å². The summed E-state index contributed by atoms with van der Waals surface area (Å²) in [6.07, 6.45) is 1.44. The number of benzene rings is 3. The van der Waals surface area contributed by atoms with E-state index in [2.05, 4.69) is 20.7 Å². The molecule has 4 rings (SSSR count). The number of hydrogen-bond acceptors (Lipinski definition) is 8. The second kappa shape index (κ2) is 11.6. The molecule has 3 aromatic carbocycles. The van der Waals surface area contributed by atoms with Crippen molar-refractivity contribution in [2.24, 2.45) is 5.10 Å². The zero-order valence-corrected chi connectivity index (χ0v) is 21.7. The van der Waals surface area contributed by atoms with E-state index in [1.54, 1.807) is 12.1 Å². The molecule has 37 heavy (non-hydrogen) atoms. The summed E-state index contributed by atoms with van der Waals surface area (Å²) in [4.78, 5) is 12.5. The largest absolute Gasteiger partial charge is 0.502 e. The average molecular weight is 518 g/mol. The normalized spacial score (nSPS) is 11.0. The van der Waals surface area contributed by atoms with Crippen molar-refractivity contribution in [1.29, 1.82) is 0 Å². The number of ether oxygens (including phenoxy) is 2. The molecule has 2 N–H and O–H groups in total. The average Bonchev–Trinajstić information content (AvgIpc) is 3.33. The number of phenols is 1. The van der Waals surface area contributed by atoms with Crippen LogP contribution in [0.25, 0.3) is 17.1 Å². The number of hydrazone groups is 1. The first-order valence-electron chi connectivity index (χ1n) is 11.4. The molecule has 0 aliphatic carbocycles. The van der Waals surface area contributed by atoms with Crippen LogP contribution in [0.5, 0.6) is 17.2 Å². The Balaban J connectivity index is 1.49. The zero-order valence-electron chi connectivity index (χ0n) is 20.9. The van der Waals surface area contributed by atoms with Crippen LogP contribution in [0, 0.1) is 13.8 Å². The van der Waals surface area contributed by atoms with E-state index in [0.717, 1.165) is 22.4 Å². The molecule has 0 saturated heterocycles. The van der Waals surface area contributed by atoms with Gasteiger partial charge in [0.15, 0.2) is 22.5 Å². The van der Waals surface area contributed by atoms with Crippen molar-refractivity contribution in [1.82, 2.24) is 20.2 Å². The number of carbonyl (C=O) groups excluding carboxylic acids is 1. The molecule has 0 spiro atoms. The fraction of sp³-hybridized carbons (Fsp3) is 0.185. The van der Waals surface area contributed by atoms with Crippen LogP contribution in [0.1, 0.15) is 16.7 Å².